The third-order valence-electron chi connectivity index (χ3n) is 9.74. The second-order valence-electron chi connectivity index (χ2n) is 13.2. The first-order valence-electron chi connectivity index (χ1n) is 18.1. The van der Waals surface area contributed by atoms with Crippen molar-refractivity contribution in [1.82, 2.24) is 34.5 Å². The van der Waals surface area contributed by atoms with E-state index in [-0.39, 0.29) is 0 Å². The molecule has 0 unspecified atom stereocenters. The Balaban J connectivity index is 1.14. The quantitative estimate of drug-likeness (QED) is 0.164. The smallest absolute Gasteiger partial charge is 0.238 e. The average Bonchev–Trinajstić information content (AvgIpc) is 3.62. The highest BCUT2D eigenvalue weighted by Crippen LogP contribution is 2.38. The second-order valence-corrected chi connectivity index (χ2v) is 13.2. The standard InChI is InChI=1S/C48H31N7/c1-5-16-32(17-6-1)38-25-15-26-40-39-24-13-14-27-41(39)55(42(38)40)48-53-46(35-22-11-4-12-23-35)52-47(54-48)37-30-28-36(29-31-37)45-50-43(33-18-7-2-8-19-33)49-44(51-45)34-20-9-3-10-21-34/h1-31H. The Morgan fingerprint density at radius 1 is 0.273 bits per heavy atom. The van der Waals surface area contributed by atoms with Gasteiger partial charge in [0.25, 0.3) is 0 Å². The van der Waals surface area contributed by atoms with Crippen LogP contribution in [0.5, 0.6) is 0 Å². The fourth-order valence-electron chi connectivity index (χ4n) is 7.09. The maximum atomic E-state index is 5.22. The lowest BCUT2D eigenvalue weighted by atomic mass is 10.0. The molecule has 7 heteroatoms. The summed E-state index contributed by atoms with van der Waals surface area (Å²) in [6.45, 7) is 0. The van der Waals surface area contributed by atoms with Crippen molar-refractivity contribution in [3.63, 3.8) is 0 Å². The van der Waals surface area contributed by atoms with Crippen LogP contribution in [0, 0.1) is 0 Å². The summed E-state index contributed by atoms with van der Waals surface area (Å²) in [7, 11) is 0. The molecule has 3 heterocycles. The number of para-hydroxylation sites is 2. The van der Waals surface area contributed by atoms with E-state index in [2.05, 4.69) is 71.3 Å². The highest BCUT2D eigenvalue weighted by molar-refractivity contribution is 6.13. The van der Waals surface area contributed by atoms with Crippen molar-refractivity contribution in [2.75, 3.05) is 0 Å². The van der Waals surface area contributed by atoms with Gasteiger partial charge < -0.3 is 0 Å². The Kier molecular flexibility index (Phi) is 8.00. The molecule has 258 valence electrons. The molecular weight excluding hydrogens is 675 g/mol. The summed E-state index contributed by atoms with van der Waals surface area (Å²) in [5.41, 5.74) is 8.73. The van der Waals surface area contributed by atoms with Gasteiger partial charge in [0.05, 0.1) is 11.0 Å². The Morgan fingerprint density at radius 3 is 1.11 bits per heavy atom. The fourth-order valence-corrected chi connectivity index (χ4v) is 7.09. The van der Waals surface area contributed by atoms with Gasteiger partial charge in [0.15, 0.2) is 29.1 Å². The van der Waals surface area contributed by atoms with Gasteiger partial charge in [0.2, 0.25) is 5.95 Å². The Hall–Kier alpha value is -7.64. The molecule has 0 N–H and O–H groups in total. The van der Waals surface area contributed by atoms with Crippen LogP contribution in [-0.4, -0.2) is 34.5 Å². The van der Waals surface area contributed by atoms with Gasteiger partial charge in [0, 0.05) is 44.2 Å². The van der Waals surface area contributed by atoms with Crippen LogP contribution in [0.1, 0.15) is 0 Å². The monoisotopic (exact) mass is 705 g/mol. The molecule has 0 saturated heterocycles. The summed E-state index contributed by atoms with van der Waals surface area (Å²) in [6, 6.07) is 63.5. The molecule has 0 saturated carbocycles. The average molecular weight is 706 g/mol. The molecule has 0 radical (unpaired) electrons. The lowest BCUT2D eigenvalue weighted by Crippen LogP contribution is -2.07. The van der Waals surface area contributed by atoms with Crippen LogP contribution in [0.25, 0.3) is 95.8 Å². The maximum absolute atomic E-state index is 5.22. The second kappa shape index (κ2) is 13.7. The van der Waals surface area contributed by atoms with Crippen molar-refractivity contribution in [3.05, 3.63) is 188 Å². The molecule has 0 atom stereocenters. The normalized spacial score (nSPS) is 11.3. The van der Waals surface area contributed by atoms with Crippen LogP contribution >= 0.6 is 0 Å². The number of hydrogen-bond acceptors (Lipinski definition) is 6. The number of aromatic nitrogens is 7. The van der Waals surface area contributed by atoms with Gasteiger partial charge in [-0.25, -0.2) is 19.9 Å². The molecule has 55 heavy (non-hydrogen) atoms. The first-order valence-corrected chi connectivity index (χ1v) is 18.1. The van der Waals surface area contributed by atoms with Crippen molar-refractivity contribution < 1.29 is 0 Å². The molecule has 0 aliphatic carbocycles. The van der Waals surface area contributed by atoms with E-state index in [0.29, 0.717) is 35.1 Å². The van der Waals surface area contributed by atoms with Gasteiger partial charge >= 0.3 is 0 Å². The number of fused-ring (bicyclic) bond motifs is 3. The van der Waals surface area contributed by atoms with Gasteiger partial charge in [-0.05, 0) is 11.6 Å². The summed E-state index contributed by atoms with van der Waals surface area (Å²) in [6.07, 6.45) is 0. The van der Waals surface area contributed by atoms with E-state index in [1.807, 2.05) is 121 Å². The van der Waals surface area contributed by atoms with Crippen LogP contribution in [0.4, 0.5) is 0 Å². The number of hydrogen-bond donors (Lipinski definition) is 0. The predicted molar refractivity (Wildman–Crippen MR) is 220 cm³/mol. The minimum absolute atomic E-state index is 0.542. The van der Waals surface area contributed by atoms with E-state index < -0.39 is 0 Å². The lowest BCUT2D eigenvalue weighted by Gasteiger charge is -2.13. The van der Waals surface area contributed by atoms with Crippen LogP contribution in [0.2, 0.25) is 0 Å². The molecule has 7 aromatic carbocycles. The van der Waals surface area contributed by atoms with Crippen LogP contribution in [0.3, 0.4) is 0 Å². The highest BCUT2D eigenvalue weighted by Gasteiger charge is 2.20. The van der Waals surface area contributed by atoms with Crippen molar-refractivity contribution >= 4 is 21.8 Å². The SMILES string of the molecule is c1ccc(-c2nc(-c3ccccc3)nc(-c3ccc(-c4nc(-c5ccccc5)nc(-n5c6ccccc6c6cccc(-c7ccccc7)c65)n4)cc3)n2)cc1. The molecule has 0 amide bonds. The molecule has 0 fully saturated rings. The summed E-state index contributed by atoms with van der Waals surface area (Å²) in [4.78, 5) is 30.1. The predicted octanol–water partition coefficient (Wildman–Crippen LogP) is 11.2. The van der Waals surface area contributed by atoms with E-state index >= 15 is 0 Å². The maximum Gasteiger partial charge on any atom is 0.238 e. The largest absolute Gasteiger partial charge is 0.277 e. The Labute approximate surface area is 317 Å². The zero-order chi connectivity index (χ0) is 36.6. The van der Waals surface area contributed by atoms with Gasteiger partial charge in [-0.1, -0.05) is 182 Å². The summed E-state index contributed by atoms with van der Waals surface area (Å²) >= 11 is 0. The van der Waals surface area contributed by atoms with Crippen LogP contribution in [0.15, 0.2) is 188 Å². The molecule has 10 rings (SSSR count). The van der Waals surface area contributed by atoms with E-state index in [1.54, 1.807) is 0 Å². The van der Waals surface area contributed by atoms with Gasteiger partial charge in [-0.2, -0.15) is 9.97 Å². The van der Waals surface area contributed by atoms with E-state index in [1.165, 1.54) is 0 Å². The van der Waals surface area contributed by atoms with Crippen LogP contribution < -0.4 is 0 Å². The fraction of sp³-hybridized carbons (Fsp3) is 0. The number of rotatable bonds is 7. The molecule has 3 aromatic heterocycles. The van der Waals surface area contributed by atoms with Crippen LogP contribution in [-0.2, 0) is 0 Å². The topological polar surface area (TPSA) is 82.3 Å². The van der Waals surface area contributed by atoms with E-state index in [4.69, 9.17) is 29.9 Å². The Bertz CT molecular complexity index is 2890. The van der Waals surface area contributed by atoms with E-state index in [9.17, 15) is 0 Å². The zero-order valence-electron chi connectivity index (χ0n) is 29.5. The van der Waals surface area contributed by atoms with Crippen molar-refractivity contribution in [3.8, 4) is 74.0 Å². The zero-order valence-corrected chi connectivity index (χ0v) is 29.5. The highest BCUT2D eigenvalue weighted by atomic mass is 15.2. The minimum atomic E-state index is 0.542. The first-order chi connectivity index (χ1) is 27.3. The molecule has 7 nitrogen and oxygen atoms in total. The van der Waals surface area contributed by atoms with Gasteiger partial charge in [-0.15, -0.1) is 0 Å². The molecule has 0 bridgehead atoms. The molecule has 0 aliphatic heterocycles. The van der Waals surface area contributed by atoms with E-state index in [0.717, 1.165) is 60.8 Å². The third-order valence-corrected chi connectivity index (χ3v) is 9.74. The van der Waals surface area contributed by atoms with Crippen molar-refractivity contribution in [2.24, 2.45) is 0 Å². The molecule has 10 aromatic rings. The van der Waals surface area contributed by atoms with Crippen molar-refractivity contribution in [1.29, 1.82) is 0 Å². The molecular formula is C48H31N7. The summed E-state index contributed by atoms with van der Waals surface area (Å²) in [5, 5.41) is 2.26. The van der Waals surface area contributed by atoms with Gasteiger partial charge in [0.1, 0.15) is 0 Å². The molecule has 0 aliphatic rings. The number of benzene rings is 7. The van der Waals surface area contributed by atoms with Gasteiger partial charge in [-0.3, -0.25) is 4.57 Å². The summed E-state index contributed by atoms with van der Waals surface area (Å²) < 4.78 is 2.18. The molecule has 0 spiro atoms. The minimum Gasteiger partial charge on any atom is -0.277 e. The summed E-state index contributed by atoms with van der Waals surface area (Å²) in [5.74, 6) is 3.50. The Morgan fingerprint density at radius 2 is 0.636 bits per heavy atom. The third kappa shape index (κ3) is 5.99. The van der Waals surface area contributed by atoms with Crippen molar-refractivity contribution in [2.45, 2.75) is 0 Å². The number of nitrogens with zero attached hydrogens (tertiary/aromatic N) is 7. The first kappa shape index (κ1) is 32.0. The lowest BCUT2D eigenvalue weighted by molar-refractivity contribution is 0.954.